The fraction of sp³-hybridized carbons (Fsp3) is 0.375. The van der Waals surface area contributed by atoms with E-state index in [4.69, 9.17) is 15.5 Å². The molecule has 33 heavy (non-hydrogen) atoms. The summed E-state index contributed by atoms with van der Waals surface area (Å²) >= 11 is 0. The highest BCUT2D eigenvalue weighted by Gasteiger charge is 2.22. The van der Waals surface area contributed by atoms with E-state index in [1.54, 1.807) is 6.07 Å². The molecule has 0 aliphatic carbocycles. The van der Waals surface area contributed by atoms with Crippen LogP contribution in [0, 0.1) is 11.3 Å². The quantitative estimate of drug-likeness (QED) is 0.259. The number of nitrogens with one attached hydrogen (secondary N) is 2. The van der Waals surface area contributed by atoms with E-state index in [-0.39, 0.29) is 36.6 Å². The van der Waals surface area contributed by atoms with Crippen LogP contribution in [-0.2, 0) is 11.3 Å². The van der Waals surface area contributed by atoms with Gasteiger partial charge in [0, 0.05) is 25.7 Å². The van der Waals surface area contributed by atoms with Gasteiger partial charge in [-0.1, -0.05) is 24.3 Å². The number of carbonyl (C=O) groups excluding carboxylic acids is 1. The summed E-state index contributed by atoms with van der Waals surface area (Å²) in [5.41, 5.74) is 7.79. The molecule has 1 fully saturated rings. The van der Waals surface area contributed by atoms with Crippen LogP contribution in [0.3, 0.4) is 0 Å². The number of nitriles is 1. The van der Waals surface area contributed by atoms with Crippen LogP contribution in [0.25, 0.3) is 0 Å². The molecule has 3 rings (SSSR count). The lowest BCUT2D eigenvalue weighted by Crippen LogP contribution is -2.51. The van der Waals surface area contributed by atoms with Gasteiger partial charge >= 0.3 is 0 Å². The second-order valence-electron chi connectivity index (χ2n) is 7.66. The molecule has 2 aromatic rings. The van der Waals surface area contributed by atoms with E-state index in [9.17, 15) is 10.1 Å². The molecule has 1 heterocycles. The molecule has 0 radical (unpaired) electrons. The normalized spacial score (nSPS) is 15.7. The third-order valence-electron chi connectivity index (χ3n) is 5.17. The molecule has 8 nitrogen and oxygen atoms in total. The highest BCUT2D eigenvalue weighted by atomic mass is 127. The summed E-state index contributed by atoms with van der Waals surface area (Å²) in [7, 11) is 0. The van der Waals surface area contributed by atoms with Gasteiger partial charge in [-0.3, -0.25) is 4.79 Å². The molecule has 1 aliphatic rings. The predicted molar refractivity (Wildman–Crippen MR) is 141 cm³/mol. The lowest BCUT2D eigenvalue weighted by Gasteiger charge is -2.35. The number of rotatable bonds is 8. The zero-order valence-corrected chi connectivity index (χ0v) is 21.1. The number of guanidine groups is 1. The summed E-state index contributed by atoms with van der Waals surface area (Å²) in [5, 5.41) is 16.3. The molecule has 1 unspecified atom stereocenters. The Bertz CT molecular complexity index is 991. The Morgan fingerprint density at radius 1 is 1.30 bits per heavy atom. The number of anilines is 1. The van der Waals surface area contributed by atoms with E-state index in [2.05, 4.69) is 21.6 Å². The van der Waals surface area contributed by atoms with Crippen molar-refractivity contribution in [3.63, 3.8) is 0 Å². The second kappa shape index (κ2) is 13.5. The van der Waals surface area contributed by atoms with Crippen LogP contribution in [-0.4, -0.2) is 44.1 Å². The van der Waals surface area contributed by atoms with Crippen molar-refractivity contribution in [1.82, 2.24) is 10.6 Å². The minimum atomic E-state index is -0.508. The van der Waals surface area contributed by atoms with Gasteiger partial charge in [0.2, 0.25) is 0 Å². The summed E-state index contributed by atoms with van der Waals surface area (Å²) in [4.78, 5) is 17.9. The summed E-state index contributed by atoms with van der Waals surface area (Å²) in [6.45, 7) is 4.84. The molecule has 1 atom stereocenters. The molecule has 0 spiro atoms. The zero-order valence-electron chi connectivity index (χ0n) is 18.8. The van der Waals surface area contributed by atoms with E-state index in [1.165, 1.54) is 0 Å². The van der Waals surface area contributed by atoms with Crippen LogP contribution in [0.2, 0.25) is 0 Å². The van der Waals surface area contributed by atoms with E-state index < -0.39 is 5.91 Å². The average molecular weight is 562 g/mol. The lowest BCUT2D eigenvalue weighted by atomic mass is 10.0. The first-order valence-corrected chi connectivity index (χ1v) is 10.9. The highest BCUT2D eigenvalue weighted by Crippen LogP contribution is 2.23. The van der Waals surface area contributed by atoms with E-state index >= 15 is 0 Å². The third-order valence-corrected chi connectivity index (χ3v) is 5.17. The van der Waals surface area contributed by atoms with E-state index in [1.807, 2.05) is 49.4 Å². The van der Waals surface area contributed by atoms with Crippen LogP contribution in [0.15, 0.2) is 53.5 Å². The number of aliphatic imine (C=N–C) groups is 1. The van der Waals surface area contributed by atoms with Crippen molar-refractivity contribution in [3.05, 3.63) is 59.7 Å². The number of hydrogen-bond acceptors (Lipinski definition) is 5. The molecule has 4 N–H and O–H groups in total. The first-order valence-electron chi connectivity index (χ1n) is 10.9. The monoisotopic (exact) mass is 562 g/mol. The van der Waals surface area contributed by atoms with Crippen molar-refractivity contribution in [2.24, 2.45) is 10.7 Å². The maximum Gasteiger partial charge on any atom is 0.255 e. The van der Waals surface area contributed by atoms with Gasteiger partial charge in [0.1, 0.15) is 11.8 Å². The highest BCUT2D eigenvalue weighted by molar-refractivity contribution is 14.0. The van der Waals surface area contributed by atoms with Gasteiger partial charge in [-0.15, -0.1) is 24.0 Å². The Morgan fingerprint density at radius 3 is 2.88 bits per heavy atom. The molecule has 0 aromatic heterocycles. The van der Waals surface area contributed by atoms with Crippen LogP contribution >= 0.6 is 24.0 Å². The Morgan fingerprint density at radius 2 is 2.12 bits per heavy atom. The molecule has 9 heteroatoms. The van der Waals surface area contributed by atoms with Gasteiger partial charge in [0.15, 0.2) is 12.6 Å². The molecule has 1 amide bonds. The van der Waals surface area contributed by atoms with Crippen molar-refractivity contribution in [1.29, 1.82) is 5.26 Å². The maximum absolute atomic E-state index is 10.9. The Labute approximate surface area is 212 Å². The fourth-order valence-corrected chi connectivity index (χ4v) is 3.73. The number of piperidine rings is 1. The van der Waals surface area contributed by atoms with Crippen molar-refractivity contribution >= 4 is 41.5 Å². The summed E-state index contributed by atoms with van der Waals surface area (Å²) < 4.78 is 5.37. The van der Waals surface area contributed by atoms with Gasteiger partial charge in [-0.05, 0) is 49.6 Å². The molecule has 2 aromatic carbocycles. The third kappa shape index (κ3) is 8.13. The van der Waals surface area contributed by atoms with E-state index in [0.717, 1.165) is 49.7 Å². The zero-order chi connectivity index (χ0) is 22.8. The smallest absolute Gasteiger partial charge is 0.255 e. The largest absolute Gasteiger partial charge is 0.484 e. The molecular formula is C24H31IN6O2. The Kier molecular flexibility index (Phi) is 10.8. The summed E-state index contributed by atoms with van der Waals surface area (Å²) in [6, 6.07) is 17.7. The number of carbonyl (C=O) groups is 1. The van der Waals surface area contributed by atoms with Crippen LogP contribution in [0.1, 0.15) is 30.9 Å². The fourth-order valence-electron chi connectivity index (χ4n) is 3.73. The van der Waals surface area contributed by atoms with Gasteiger partial charge in [-0.25, -0.2) is 4.99 Å². The number of benzene rings is 2. The number of halogens is 1. The van der Waals surface area contributed by atoms with Crippen molar-refractivity contribution in [3.8, 4) is 11.8 Å². The molecule has 1 saturated heterocycles. The van der Waals surface area contributed by atoms with E-state index in [0.29, 0.717) is 17.9 Å². The van der Waals surface area contributed by atoms with Crippen molar-refractivity contribution < 1.29 is 9.53 Å². The minimum Gasteiger partial charge on any atom is -0.484 e. The number of amides is 1. The summed E-state index contributed by atoms with van der Waals surface area (Å²) in [5.74, 6) is 0.830. The predicted octanol–water partition coefficient (Wildman–Crippen LogP) is 2.76. The minimum absolute atomic E-state index is 0. The Balaban J connectivity index is 0.00000385. The molecule has 0 saturated carbocycles. The van der Waals surface area contributed by atoms with Gasteiger partial charge in [0.05, 0.1) is 17.8 Å². The Hall–Kier alpha value is -3.00. The molecule has 0 bridgehead atoms. The second-order valence-corrected chi connectivity index (χ2v) is 7.66. The van der Waals surface area contributed by atoms with Crippen molar-refractivity contribution in [2.75, 3.05) is 31.1 Å². The standard InChI is InChI=1S/C24H30N6O2.HI/c1-2-27-24(28-15-18-7-5-10-21(13-18)32-17-23(26)31)29-20-9-6-12-30(16-20)22-11-4-3-8-19(22)14-25;/h3-5,7-8,10-11,13,20H,2,6,9,12,15-17H2,1H3,(H2,26,31)(H2,27,28,29);1H. The van der Waals surface area contributed by atoms with Gasteiger partial charge < -0.3 is 26.0 Å². The average Bonchev–Trinajstić information content (AvgIpc) is 2.82. The number of hydrogen-bond donors (Lipinski definition) is 3. The molecule has 176 valence electrons. The van der Waals surface area contributed by atoms with Crippen LogP contribution in [0.4, 0.5) is 5.69 Å². The molecule has 1 aliphatic heterocycles. The van der Waals surface area contributed by atoms with Crippen LogP contribution < -0.4 is 26.0 Å². The lowest BCUT2D eigenvalue weighted by molar-refractivity contribution is -0.119. The first kappa shape index (κ1) is 26.3. The van der Waals surface area contributed by atoms with Crippen LogP contribution in [0.5, 0.6) is 5.75 Å². The number of nitrogens with two attached hydrogens (primary N) is 1. The summed E-state index contributed by atoms with van der Waals surface area (Å²) in [6.07, 6.45) is 2.07. The SMILES string of the molecule is CCNC(=NCc1cccc(OCC(N)=O)c1)NC1CCCN(c2ccccc2C#N)C1.I. The number of para-hydroxylation sites is 1. The number of nitrogens with zero attached hydrogens (tertiary/aromatic N) is 3. The molecular weight excluding hydrogens is 531 g/mol. The number of primary amides is 1. The van der Waals surface area contributed by atoms with Crippen molar-refractivity contribution in [2.45, 2.75) is 32.4 Å². The maximum atomic E-state index is 10.9. The first-order chi connectivity index (χ1) is 15.6. The topological polar surface area (TPSA) is 116 Å². The number of ether oxygens (including phenoxy) is 1. The van der Waals surface area contributed by atoms with Gasteiger partial charge in [0.25, 0.3) is 5.91 Å². The van der Waals surface area contributed by atoms with Gasteiger partial charge in [-0.2, -0.15) is 5.26 Å².